The van der Waals surface area contributed by atoms with Crippen molar-refractivity contribution >= 4 is 32.4 Å². The Hall–Kier alpha value is -2.91. The molecule has 0 amide bonds. The quantitative estimate of drug-likeness (QED) is 0.426. The normalized spacial score (nSPS) is 13.0. The molecule has 0 aliphatic rings. The monoisotopic (exact) mass is 417 g/mol. The van der Waals surface area contributed by atoms with Crippen LogP contribution in [0, 0.1) is 10.1 Å². The summed E-state index contributed by atoms with van der Waals surface area (Å²) in [4.78, 5) is 10.9. The largest absolute Gasteiger partial charge is 0.459 e. The van der Waals surface area contributed by atoms with Gasteiger partial charge >= 0.3 is 0 Å². The second-order valence-corrected chi connectivity index (χ2v) is 8.52. The van der Waals surface area contributed by atoms with Gasteiger partial charge in [0.15, 0.2) is 0 Å². The lowest BCUT2D eigenvalue weighted by Crippen LogP contribution is -2.30. The summed E-state index contributed by atoms with van der Waals surface area (Å²) in [7, 11) is -3.79. The molecule has 0 aliphatic heterocycles. The van der Waals surface area contributed by atoms with Crippen molar-refractivity contribution in [1.82, 2.24) is 4.31 Å². The van der Waals surface area contributed by atoms with Crippen LogP contribution >= 0.6 is 0 Å². The fourth-order valence-corrected chi connectivity index (χ4v) is 4.66. The number of nitro groups is 1. The van der Waals surface area contributed by atoms with Crippen LogP contribution in [0.2, 0.25) is 0 Å². The number of hydrogen-bond donors (Lipinski definition) is 1. The predicted molar refractivity (Wildman–Crippen MR) is 111 cm³/mol. The zero-order valence-corrected chi connectivity index (χ0v) is 17.3. The first-order valence-electron chi connectivity index (χ1n) is 9.31. The van der Waals surface area contributed by atoms with E-state index in [1.54, 1.807) is 13.8 Å². The van der Waals surface area contributed by atoms with Gasteiger partial charge in [0.1, 0.15) is 17.0 Å². The van der Waals surface area contributed by atoms with Gasteiger partial charge in [-0.1, -0.05) is 32.0 Å². The number of nitrogens with zero attached hydrogens (tertiary/aromatic N) is 2. The first-order valence-corrected chi connectivity index (χ1v) is 10.8. The Kier molecular flexibility index (Phi) is 5.90. The van der Waals surface area contributed by atoms with E-state index in [-0.39, 0.29) is 35.4 Å². The minimum absolute atomic E-state index is 0.102. The van der Waals surface area contributed by atoms with Gasteiger partial charge in [-0.3, -0.25) is 10.1 Å². The maximum atomic E-state index is 12.7. The minimum Gasteiger partial charge on any atom is -0.459 e. The molecule has 1 aromatic heterocycles. The summed E-state index contributed by atoms with van der Waals surface area (Å²) in [6, 6.07) is 13.0. The summed E-state index contributed by atoms with van der Waals surface area (Å²) < 4.78 is 32.4. The number of hydrogen-bond acceptors (Lipinski definition) is 6. The van der Waals surface area contributed by atoms with Gasteiger partial charge in [-0.25, -0.2) is 8.42 Å². The smallest absolute Gasteiger partial charge is 0.293 e. The predicted octanol–water partition coefficient (Wildman–Crippen LogP) is 4.54. The lowest BCUT2D eigenvalue weighted by molar-refractivity contribution is -0.384. The maximum Gasteiger partial charge on any atom is 0.293 e. The number of furan rings is 1. The van der Waals surface area contributed by atoms with E-state index in [9.17, 15) is 18.5 Å². The Bertz CT molecular complexity index is 1100. The lowest BCUT2D eigenvalue weighted by atomic mass is 10.2. The SMILES string of the molecule is CCN(CC)S(=O)(=O)c1ccc(N[C@@H](C)c2cc3ccccc3o2)c([N+](=O)[O-])c1. The fraction of sp³-hybridized carbons (Fsp3) is 0.300. The van der Waals surface area contributed by atoms with Crippen molar-refractivity contribution in [2.75, 3.05) is 18.4 Å². The summed E-state index contributed by atoms with van der Waals surface area (Å²) in [5, 5.41) is 15.6. The molecule has 0 saturated heterocycles. The molecule has 8 nitrogen and oxygen atoms in total. The second-order valence-electron chi connectivity index (χ2n) is 6.58. The Morgan fingerprint density at radius 2 is 1.83 bits per heavy atom. The highest BCUT2D eigenvalue weighted by molar-refractivity contribution is 7.89. The number of rotatable bonds is 8. The highest BCUT2D eigenvalue weighted by atomic mass is 32.2. The molecule has 154 valence electrons. The molecule has 1 atom stereocenters. The molecule has 2 aromatic carbocycles. The Morgan fingerprint density at radius 3 is 2.45 bits per heavy atom. The van der Waals surface area contributed by atoms with E-state index in [0.29, 0.717) is 5.76 Å². The van der Waals surface area contributed by atoms with Crippen LogP contribution in [0.25, 0.3) is 11.0 Å². The molecule has 0 aliphatic carbocycles. The number of anilines is 1. The fourth-order valence-electron chi connectivity index (χ4n) is 3.18. The third-order valence-corrected chi connectivity index (χ3v) is 6.80. The Morgan fingerprint density at radius 1 is 1.14 bits per heavy atom. The van der Waals surface area contributed by atoms with E-state index in [1.165, 1.54) is 16.4 Å². The number of nitrogens with one attached hydrogen (secondary N) is 1. The molecule has 0 bridgehead atoms. The highest BCUT2D eigenvalue weighted by Gasteiger charge is 2.26. The molecule has 1 heterocycles. The molecule has 1 N–H and O–H groups in total. The van der Waals surface area contributed by atoms with Crippen LogP contribution in [-0.2, 0) is 10.0 Å². The van der Waals surface area contributed by atoms with Crippen LogP contribution < -0.4 is 5.32 Å². The van der Waals surface area contributed by atoms with Crippen LogP contribution in [-0.4, -0.2) is 30.7 Å². The van der Waals surface area contributed by atoms with Gasteiger partial charge in [-0.05, 0) is 31.2 Å². The molecule has 9 heteroatoms. The molecule has 0 saturated carbocycles. The standard InChI is InChI=1S/C20H23N3O5S/c1-4-22(5-2)29(26,27)16-10-11-17(18(13-16)23(24)25)21-14(3)20-12-15-8-6-7-9-19(15)28-20/h6-14,21H,4-5H2,1-3H3/t14-/m0/s1. The van der Waals surface area contributed by atoms with Crippen molar-refractivity contribution in [3.05, 3.63) is 64.4 Å². The number of benzene rings is 2. The number of para-hydroxylation sites is 1. The molecule has 0 fully saturated rings. The van der Waals surface area contributed by atoms with Gasteiger partial charge in [0.05, 0.1) is 15.9 Å². The van der Waals surface area contributed by atoms with Gasteiger partial charge in [0.2, 0.25) is 10.0 Å². The van der Waals surface area contributed by atoms with Crippen molar-refractivity contribution in [2.24, 2.45) is 0 Å². The Labute approximate surface area is 169 Å². The minimum atomic E-state index is -3.79. The molecular weight excluding hydrogens is 394 g/mol. The average Bonchev–Trinajstić information content (AvgIpc) is 3.13. The van der Waals surface area contributed by atoms with Gasteiger partial charge in [0, 0.05) is 24.5 Å². The van der Waals surface area contributed by atoms with Crippen LogP contribution in [0.5, 0.6) is 0 Å². The summed E-state index contributed by atoms with van der Waals surface area (Å²) in [6.45, 7) is 5.84. The van der Waals surface area contributed by atoms with Crippen LogP contribution in [0.3, 0.4) is 0 Å². The van der Waals surface area contributed by atoms with E-state index in [0.717, 1.165) is 17.0 Å². The summed E-state index contributed by atoms with van der Waals surface area (Å²) >= 11 is 0. The lowest BCUT2D eigenvalue weighted by Gasteiger charge is -2.19. The summed E-state index contributed by atoms with van der Waals surface area (Å²) in [6.07, 6.45) is 0. The van der Waals surface area contributed by atoms with Crippen LogP contribution in [0.1, 0.15) is 32.6 Å². The third kappa shape index (κ3) is 4.10. The zero-order valence-electron chi connectivity index (χ0n) is 16.5. The average molecular weight is 417 g/mol. The number of sulfonamides is 1. The molecule has 3 rings (SSSR count). The first kappa shape index (κ1) is 20.8. The van der Waals surface area contributed by atoms with Gasteiger partial charge in [-0.15, -0.1) is 0 Å². The van der Waals surface area contributed by atoms with Crippen molar-refractivity contribution in [3.63, 3.8) is 0 Å². The van der Waals surface area contributed by atoms with E-state index < -0.39 is 14.9 Å². The van der Waals surface area contributed by atoms with E-state index in [1.807, 2.05) is 37.3 Å². The Balaban J connectivity index is 1.94. The molecular formula is C20H23N3O5S. The van der Waals surface area contributed by atoms with Gasteiger partial charge in [-0.2, -0.15) is 4.31 Å². The van der Waals surface area contributed by atoms with Crippen molar-refractivity contribution in [3.8, 4) is 0 Å². The first-order chi connectivity index (χ1) is 13.8. The van der Waals surface area contributed by atoms with Gasteiger partial charge in [0.25, 0.3) is 5.69 Å². The third-order valence-electron chi connectivity index (χ3n) is 4.75. The maximum absolute atomic E-state index is 12.7. The number of fused-ring (bicyclic) bond motifs is 1. The van der Waals surface area contributed by atoms with E-state index >= 15 is 0 Å². The van der Waals surface area contributed by atoms with Crippen molar-refractivity contribution in [1.29, 1.82) is 0 Å². The molecule has 0 spiro atoms. The van der Waals surface area contributed by atoms with Crippen molar-refractivity contribution < 1.29 is 17.8 Å². The highest BCUT2D eigenvalue weighted by Crippen LogP contribution is 2.33. The molecule has 0 unspecified atom stereocenters. The topological polar surface area (TPSA) is 106 Å². The van der Waals surface area contributed by atoms with Gasteiger partial charge < -0.3 is 9.73 Å². The van der Waals surface area contributed by atoms with Crippen LogP contribution in [0.4, 0.5) is 11.4 Å². The molecule has 3 aromatic rings. The van der Waals surface area contributed by atoms with E-state index in [2.05, 4.69) is 5.32 Å². The molecule has 29 heavy (non-hydrogen) atoms. The van der Waals surface area contributed by atoms with Crippen LogP contribution in [0.15, 0.2) is 57.8 Å². The summed E-state index contributed by atoms with van der Waals surface area (Å²) in [5.74, 6) is 0.625. The number of nitro benzene ring substituents is 1. The molecule has 0 radical (unpaired) electrons. The second kappa shape index (κ2) is 8.22. The van der Waals surface area contributed by atoms with E-state index in [4.69, 9.17) is 4.42 Å². The summed E-state index contributed by atoms with van der Waals surface area (Å²) in [5.41, 5.74) is 0.647. The van der Waals surface area contributed by atoms with Crippen molar-refractivity contribution in [2.45, 2.75) is 31.7 Å². The zero-order chi connectivity index (χ0) is 21.2.